The summed E-state index contributed by atoms with van der Waals surface area (Å²) in [6, 6.07) is 7.06. The molecule has 0 aliphatic heterocycles. The van der Waals surface area contributed by atoms with E-state index in [9.17, 15) is 4.79 Å². The van der Waals surface area contributed by atoms with Crippen molar-refractivity contribution in [3.63, 3.8) is 0 Å². The zero-order valence-electron chi connectivity index (χ0n) is 11.4. The highest BCUT2D eigenvalue weighted by atomic mass is 16.4. The molecule has 1 atom stereocenters. The highest BCUT2D eigenvalue weighted by Crippen LogP contribution is 2.26. The van der Waals surface area contributed by atoms with Crippen LogP contribution in [0.5, 0.6) is 0 Å². The van der Waals surface area contributed by atoms with Gasteiger partial charge in [0.05, 0.1) is 17.8 Å². The molecular formula is C15H16N2O3. The second-order valence-electron chi connectivity index (χ2n) is 4.78. The summed E-state index contributed by atoms with van der Waals surface area (Å²) in [5.41, 5.74) is 9.40. The fraction of sp³-hybridized carbons (Fsp3) is 0.267. The maximum absolute atomic E-state index is 11.7. The lowest BCUT2D eigenvalue weighted by molar-refractivity contribution is 0.486. The van der Waals surface area contributed by atoms with Crippen molar-refractivity contribution in [3.8, 4) is 0 Å². The van der Waals surface area contributed by atoms with Crippen LogP contribution in [0.25, 0.3) is 11.1 Å². The van der Waals surface area contributed by atoms with Crippen molar-refractivity contribution in [2.45, 2.75) is 26.4 Å². The summed E-state index contributed by atoms with van der Waals surface area (Å²) >= 11 is 0. The Morgan fingerprint density at radius 3 is 2.80 bits per heavy atom. The van der Waals surface area contributed by atoms with E-state index in [1.807, 2.05) is 32.0 Å². The van der Waals surface area contributed by atoms with E-state index in [0.29, 0.717) is 12.1 Å². The number of nitrogens with zero attached hydrogens (tertiary/aromatic N) is 1. The SMILES string of the molecule is CCn1c(=O)oc2cc(C(N)c3occc3C)ccc21. The first-order chi connectivity index (χ1) is 9.61. The van der Waals surface area contributed by atoms with Gasteiger partial charge in [-0.25, -0.2) is 4.79 Å². The van der Waals surface area contributed by atoms with Crippen molar-refractivity contribution in [2.24, 2.45) is 5.73 Å². The van der Waals surface area contributed by atoms with Gasteiger partial charge in [0.2, 0.25) is 0 Å². The third kappa shape index (κ3) is 1.87. The molecule has 0 bridgehead atoms. The number of aryl methyl sites for hydroxylation is 2. The van der Waals surface area contributed by atoms with Gasteiger partial charge < -0.3 is 14.6 Å². The van der Waals surface area contributed by atoms with Crippen LogP contribution in [0, 0.1) is 6.92 Å². The molecule has 3 aromatic rings. The topological polar surface area (TPSA) is 74.3 Å². The van der Waals surface area contributed by atoms with E-state index in [1.165, 1.54) is 0 Å². The summed E-state index contributed by atoms with van der Waals surface area (Å²) in [6.45, 7) is 4.43. The first-order valence-electron chi connectivity index (χ1n) is 6.54. The minimum absolute atomic E-state index is 0.345. The van der Waals surface area contributed by atoms with Crippen LogP contribution in [-0.2, 0) is 6.54 Å². The maximum atomic E-state index is 11.7. The predicted octanol–water partition coefficient (Wildman–Crippen LogP) is 2.56. The lowest BCUT2D eigenvalue weighted by atomic mass is 10.0. The fourth-order valence-corrected chi connectivity index (χ4v) is 2.43. The van der Waals surface area contributed by atoms with Gasteiger partial charge in [-0.1, -0.05) is 6.07 Å². The number of hydrogen-bond acceptors (Lipinski definition) is 4. The van der Waals surface area contributed by atoms with Crippen LogP contribution in [-0.4, -0.2) is 4.57 Å². The first kappa shape index (κ1) is 12.7. The smallest absolute Gasteiger partial charge is 0.419 e. The van der Waals surface area contributed by atoms with E-state index in [0.717, 1.165) is 22.4 Å². The molecule has 2 aromatic heterocycles. The summed E-state index contributed by atoms with van der Waals surface area (Å²) in [7, 11) is 0. The summed E-state index contributed by atoms with van der Waals surface area (Å²) in [5, 5.41) is 0. The van der Waals surface area contributed by atoms with Gasteiger partial charge in [0, 0.05) is 6.54 Å². The fourth-order valence-electron chi connectivity index (χ4n) is 2.43. The number of hydrogen-bond donors (Lipinski definition) is 1. The molecule has 2 N–H and O–H groups in total. The summed E-state index contributed by atoms with van der Waals surface area (Å²) in [5.74, 6) is 0.379. The van der Waals surface area contributed by atoms with Crippen molar-refractivity contribution in [1.29, 1.82) is 0 Å². The van der Waals surface area contributed by atoms with E-state index in [-0.39, 0.29) is 11.8 Å². The van der Waals surface area contributed by atoms with Crippen LogP contribution in [0.2, 0.25) is 0 Å². The molecule has 0 spiro atoms. The predicted molar refractivity (Wildman–Crippen MR) is 75.6 cm³/mol. The molecule has 20 heavy (non-hydrogen) atoms. The molecule has 2 heterocycles. The Hall–Kier alpha value is -2.27. The molecule has 0 saturated heterocycles. The zero-order valence-corrected chi connectivity index (χ0v) is 11.4. The number of benzene rings is 1. The van der Waals surface area contributed by atoms with E-state index < -0.39 is 0 Å². The number of furan rings is 1. The Labute approximate surface area is 115 Å². The molecule has 0 radical (unpaired) electrons. The molecule has 0 fully saturated rings. The number of aromatic nitrogens is 1. The van der Waals surface area contributed by atoms with Crippen LogP contribution in [0.4, 0.5) is 0 Å². The molecule has 1 aromatic carbocycles. The average Bonchev–Trinajstić information content (AvgIpc) is 2.99. The number of fused-ring (bicyclic) bond motifs is 1. The number of oxazole rings is 1. The average molecular weight is 272 g/mol. The molecule has 5 heteroatoms. The Morgan fingerprint density at radius 2 is 2.15 bits per heavy atom. The monoisotopic (exact) mass is 272 g/mol. The van der Waals surface area contributed by atoms with Gasteiger partial charge in [-0.05, 0) is 43.2 Å². The summed E-state index contributed by atoms with van der Waals surface area (Å²) in [4.78, 5) is 11.7. The molecule has 104 valence electrons. The second kappa shape index (κ2) is 4.68. The minimum atomic E-state index is -0.371. The molecule has 3 rings (SSSR count). The first-order valence-corrected chi connectivity index (χ1v) is 6.54. The van der Waals surface area contributed by atoms with Crippen molar-refractivity contribution in [2.75, 3.05) is 0 Å². The Bertz CT molecular complexity index is 810. The van der Waals surface area contributed by atoms with E-state index >= 15 is 0 Å². The lowest BCUT2D eigenvalue weighted by Gasteiger charge is -2.10. The minimum Gasteiger partial charge on any atom is -0.467 e. The molecule has 0 aliphatic carbocycles. The standard InChI is InChI=1S/C15H16N2O3/c1-3-17-11-5-4-10(8-12(11)20-15(17)18)13(16)14-9(2)6-7-19-14/h4-8,13H,3,16H2,1-2H3. The van der Waals surface area contributed by atoms with E-state index in [2.05, 4.69) is 0 Å². The van der Waals surface area contributed by atoms with Crippen molar-refractivity contribution >= 4 is 11.1 Å². The van der Waals surface area contributed by atoms with Gasteiger partial charge in [-0.3, -0.25) is 4.57 Å². The highest BCUT2D eigenvalue weighted by Gasteiger charge is 2.17. The van der Waals surface area contributed by atoms with Crippen LogP contribution in [0.1, 0.15) is 29.9 Å². The molecule has 0 aliphatic rings. The Morgan fingerprint density at radius 1 is 1.35 bits per heavy atom. The molecular weight excluding hydrogens is 256 g/mol. The second-order valence-corrected chi connectivity index (χ2v) is 4.78. The number of rotatable bonds is 3. The summed E-state index contributed by atoms with van der Waals surface area (Å²) < 4.78 is 12.3. The maximum Gasteiger partial charge on any atom is 0.419 e. The number of nitrogens with two attached hydrogens (primary N) is 1. The highest BCUT2D eigenvalue weighted by molar-refractivity contribution is 5.74. The zero-order chi connectivity index (χ0) is 14.3. The van der Waals surface area contributed by atoms with Gasteiger partial charge in [0.1, 0.15) is 5.76 Å². The van der Waals surface area contributed by atoms with Crippen LogP contribution in [0.15, 0.2) is 44.2 Å². The van der Waals surface area contributed by atoms with Gasteiger partial charge in [0.15, 0.2) is 5.58 Å². The van der Waals surface area contributed by atoms with Gasteiger partial charge >= 0.3 is 5.76 Å². The quantitative estimate of drug-likeness (QED) is 0.795. The van der Waals surface area contributed by atoms with Gasteiger partial charge in [-0.2, -0.15) is 0 Å². The third-order valence-corrected chi connectivity index (χ3v) is 3.55. The van der Waals surface area contributed by atoms with Crippen molar-refractivity contribution in [3.05, 3.63) is 58.0 Å². The largest absolute Gasteiger partial charge is 0.467 e. The van der Waals surface area contributed by atoms with Crippen molar-refractivity contribution in [1.82, 2.24) is 4.57 Å². The van der Waals surface area contributed by atoms with Crippen LogP contribution >= 0.6 is 0 Å². The Kier molecular flexibility index (Phi) is 2.99. The van der Waals surface area contributed by atoms with Gasteiger partial charge in [0.25, 0.3) is 0 Å². The molecule has 5 nitrogen and oxygen atoms in total. The summed E-state index contributed by atoms with van der Waals surface area (Å²) in [6.07, 6.45) is 1.62. The third-order valence-electron chi connectivity index (χ3n) is 3.55. The molecule has 1 unspecified atom stereocenters. The van der Waals surface area contributed by atoms with Crippen LogP contribution in [0.3, 0.4) is 0 Å². The van der Waals surface area contributed by atoms with Crippen LogP contribution < -0.4 is 11.5 Å². The lowest BCUT2D eigenvalue weighted by Crippen LogP contribution is -2.12. The van der Waals surface area contributed by atoms with E-state index in [1.54, 1.807) is 16.9 Å². The Balaban J connectivity index is 2.10. The molecule has 0 amide bonds. The van der Waals surface area contributed by atoms with E-state index in [4.69, 9.17) is 14.6 Å². The van der Waals surface area contributed by atoms with Gasteiger partial charge in [-0.15, -0.1) is 0 Å². The molecule has 0 saturated carbocycles. The van der Waals surface area contributed by atoms with Crippen molar-refractivity contribution < 1.29 is 8.83 Å². The normalized spacial score (nSPS) is 12.9.